The lowest BCUT2D eigenvalue weighted by molar-refractivity contribution is -0.166. The second kappa shape index (κ2) is 10.8. The lowest BCUT2D eigenvalue weighted by atomic mass is 9.76. The Balaban J connectivity index is 3.24. The second-order valence-electron chi connectivity index (χ2n) is 6.00. The Morgan fingerprint density at radius 3 is 1.83 bits per heavy atom. The van der Waals surface area contributed by atoms with E-state index in [1.165, 1.54) is 0 Å². The van der Waals surface area contributed by atoms with E-state index in [-0.39, 0.29) is 0 Å². The summed E-state index contributed by atoms with van der Waals surface area (Å²) < 4.78 is 10.8. The van der Waals surface area contributed by atoms with Gasteiger partial charge in [-0.05, 0) is 24.8 Å². The first-order chi connectivity index (χ1) is 11.6. The van der Waals surface area contributed by atoms with Gasteiger partial charge in [0, 0.05) is 0 Å². The fourth-order valence-corrected chi connectivity index (χ4v) is 2.67. The number of carbonyl (C=O) groups excluding carboxylic acids is 2. The van der Waals surface area contributed by atoms with Crippen LogP contribution in [-0.2, 0) is 24.5 Å². The monoisotopic (exact) mass is 334 g/mol. The maximum Gasteiger partial charge on any atom is 0.328 e. The van der Waals surface area contributed by atoms with Gasteiger partial charge < -0.3 is 9.47 Å². The van der Waals surface area contributed by atoms with Gasteiger partial charge in [0.1, 0.15) is 0 Å². The molecule has 4 nitrogen and oxygen atoms in total. The van der Waals surface area contributed by atoms with Crippen LogP contribution in [0.3, 0.4) is 0 Å². The second-order valence-corrected chi connectivity index (χ2v) is 6.00. The van der Waals surface area contributed by atoms with E-state index < -0.39 is 17.4 Å². The molecule has 0 aliphatic heterocycles. The van der Waals surface area contributed by atoms with E-state index in [1.54, 1.807) is 0 Å². The zero-order chi connectivity index (χ0) is 17.8. The topological polar surface area (TPSA) is 52.6 Å². The maximum atomic E-state index is 12.9. The molecule has 1 rings (SSSR count). The first kappa shape index (κ1) is 20.2. The number of ether oxygens (including phenoxy) is 2. The van der Waals surface area contributed by atoms with E-state index in [1.807, 2.05) is 44.2 Å². The number of carbonyl (C=O) groups is 2. The Morgan fingerprint density at radius 2 is 1.38 bits per heavy atom. The van der Waals surface area contributed by atoms with Gasteiger partial charge in [-0.25, -0.2) is 0 Å². The van der Waals surface area contributed by atoms with Crippen LogP contribution < -0.4 is 0 Å². The van der Waals surface area contributed by atoms with E-state index in [4.69, 9.17) is 9.47 Å². The van der Waals surface area contributed by atoms with Crippen molar-refractivity contribution in [3.8, 4) is 0 Å². The van der Waals surface area contributed by atoms with Crippen LogP contribution in [0.2, 0.25) is 0 Å². The lowest BCUT2D eigenvalue weighted by Gasteiger charge is -2.30. The average Bonchev–Trinajstić information content (AvgIpc) is 2.62. The van der Waals surface area contributed by atoms with Crippen LogP contribution in [0.25, 0.3) is 0 Å². The van der Waals surface area contributed by atoms with Crippen molar-refractivity contribution >= 4 is 11.9 Å². The summed E-state index contributed by atoms with van der Waals surface area (Å²) in [4.78, 5) is 25.8. The van der Waals surface area contributed by atoms with Gasteiger partial charge in [0.2, 0.25) is 0 Å². The summed E-state index contributed by atoms with van der Waals surface area (Å²) in [6, 6.07) is 9.17. The summed E-state index contributed by atoms with van der Waals surface area (Å²) in [6.07, 6.45) is 4.59. The molecule has 0 amide bonds. The van der Waals surface area contributed by atoms with Crippen LogP contribution >= 0.6 is 0 Å². The van der Waals surface area contributed by atoms with Crippen LogP contribution in [0, 0.1) is 0 Å². The van der Waals surface area contributed by atoms with Crippen molar-refractivity contribution in [2.24, 2.45) is 0 Å². The third-order valence-electron chi connectivity index (χ3n) is 3.99. The van der Waals surface area contributed by atoms with Crippen LogP contribution in [-0.4, -0.2) is 25.2 Å². The van der Waals surface area contributed by atoms with E-state index >= 15 is 0 Å². The van der Waals surface area contributed by atoms with Gasteiger partial charge >= 0.3 is 11.9 Å². The first-order valence-corrected chi connectivity index (χ1v) is 9.03. The summed E-state index contributed by atoms with van der Waals surface area (Å²) >= 11 is 0. The van der Waals surface area contributed by atoms with Crippen molar-refractivity contribution in [2.45, 2.75) is 64.7 Å². The molecular weight excluding hydrogens is 304 g/mol. The van der Waals surface area contributed by atoms with Gasteiger partial charge in [0.05, 0.1) is 13.2 Å². The van der Waals surface area contributed by atoms with Gasteiger partial charge in [-0.3, -0.25) is 9.59 Å². The highest BCUT2D eigenvalue weighted by atomic mass is 16.6. The molecule has 134 valence electrons. The Morgan fingerprint density at radius 1 is 0.833 bits per heavy atom. The molecule has 24 heavy (non-hydrogen) atoms. The first-order valence-electron chi connectivity index (χ1n) is 9.03. The van der Waals surface area contributed by atoms with Crippen molar-refractivity contribution in [3.63, 3.8) is 0 Å². The van der Waals surface area contributed by atoms with Crippen molar-refractivity contribution in [1.29, 1.82) is 0 Å². The Labute approximate surface area is 145 Å². The quantitative estimate of drug-likeness (QED) is 0.342. The molecule has 0 fully saturated rings. The van der Waals surface area contributed by atoms with Crippen LogP contribution in [0.1, 0.15) is 64.9 Å². The number of unbranched alkanes of at least 4 members (excludes halogenated alkanes) is 2. The molecule has 0 radical (unpaired) electrons. The number of esters is 2. The maximum absolute atomic E-state index is 12.9. The number of benzene rings is 1. The summed E-state index contributed by atoms with van der Waals surface area (Å²) in [5.41, 5.74) is -0.705. The number of hydrogen-bond acceptors (Lipinski definition) is 4. The third kappa shape index (κ3) is 5.08. The largest absolute Gasteiger partial charge is 0.465 e. The zero-order valence-corrected chi connectivity index (χ0v) is 15.2. The molecule has 0 saturated heterocycles. The highest BCUT2D eigenvalue weighted by Crippen LogP contribution is 2.34. The molecule has 0 aliphatic carbocycles. The van der Waals surface area contributed by atoms with E-state index in [2.05, 4.69) is 6.92 Å². The fourth-order valence-electron chi connectivity index (χ4n) is 2.67. The molecule has 0 aliphatic rings. The standard InChI is InChI=1S/C20H30O4/c1-4-7-11-14-20(18(21)23-15-5-2,19(22)24-16-6-3)17-12-9-8-10-13-17/h8-10,12-13H,4-7,11,14-16H2,1-3H3. The molecule has 0 unspecified atom stereocenters. The van der Waals surface area contributed by atoms with Gasteiger partial charge in [-0.1, -0.05) is 70.4 Å². The van der Waals surface area contributed by atoms with Gasteiger partial charge in [-0.2, -0.15) is 0 Å². The molecule has 0 saturated carbocycles. The Kier molecular flexibility index (Phi) is 9.13. The normalized spacial score (nSPS) is 11.1. The Bertz CT molecular complexity index is 476. The molecule has 0 atom stereocenters. The smallest absolute Gasteiger partial charge is 0.328 e. The molecule has 1 aromatic rings. The number of hydrogen-bond donors (Lipinski definition) is 0. The van der Waals surface area contributed by atoms with Gasteiger partial charge in [0.15, 0.2) is 5.41 Å². The average molecular weight is 334 g/mol. The summed E-state index contributed by atoms with van der Waals surface area (Å²) in [5, 5.41) is 0. The fraction of sp³-hybridized carbons (Fsp3) is 0.600. The predicted molar refractivity (Wildman–Crippen MR) is 94.8 cm³/mol. The third-order valence-corrected chi connectivity index (χ3v) is 3.99. The SMILES string of the molecule is CCCCCC(C(=O)OCCC)(C(=O)OCCC)c1ccccc1. The highest BCUT2D eigenvalue weighted by molar-refractivity contribution is 6.06. The van der Waals surface area contributed by atoms with E-state index in [0.29, 0.717) is 25.2 Å². The molecule has 0 N–H and O–H groups in total. The van der Waals surface area contributed by atoms with Crippen LogP contribution in [0.5, 0.6) is 0 Å². The highest BCUT2D eigenvalue weighted by Gasteiger charge is 2.50. The van der Waals surface area contributed by atoms with E-state index in [9.17, 15) is 9.59 Å². The minimum atomic E-state index is -1.36. The summed E-state index contributed by atoms with van der Waals surface area (Å²) in [6.45, 7) is 6.58. The zero-order valence-electron chi connectivity index (χ0n) is 15.2. The molecule has 0 spiro atoms. The molecule has 4 heteroatoms. The van der Waals surface area contributed by atoms with Crippen molar-refractivity contribution in [1.82, 2.24) is 0 Å². The number of rotatable bonds is 11. The van der Waals surface area contributed by atoms with Gasteiger partial charge in [0.25, 0.3) is 0 Å². The minimum absolute atomic E-state index is 0.308. The minimum Gasteiger partial charge on any atom is -0.465 e. The molecule has 1 aromatic carbocycles. The molecule has 0 aromatic heterocycles. The Hall–Kier alpha value is -1.84. The molecule has 0 bridgehead atoms. The van der Waals surface area contributed by atoms with Crippen molar-refractivity contribution < 1.29 is 19.1 Å². The molecular formula is C20H30O4. The summed E-state index contributed by atoms with van der Waals surface area (Å²) in [7, 11) is 0. The van der Waals surface area contributed by atoms with E-state index in [0.717, 1.165) is 32.1 Å². The van der Waals surface area contributed by atoms with Crippen molar-refractivity contribution in [3.05, 3.63) is 35.9 Å². The lowest BCUT2D eigenvalue weighted by Crippen LogP contribution is -2.46. The van der Waals surface area contributed by atoms with Crippen LogP contribution in [0.4, 0.5) is 0 Å². The van der Waals surface area contributed by atoms with Crippen LogP contribution in [0.15, 0.2) is 30.3 Å². The van der Waals surface area contributed by atoms with Gasteiger partial charge in [-0.15, -0.1) is 0 Å². The van der Waals surface area contributed by atoms with Crippen molar-refractivity contribution in [2.75, 3.05) is 13.2 Å². The molecule has 0 heterocycles. The summed E-state index contributed by atoms with van der Waals surface area (Å²) in [5.74, 6) is -0.986. The predicted octanol–water partition coefficient (Wildman–Crippen LogP) is 4.41.